The number of carbonyl (C=O) groups excluding carboxylic acids is 1. The molecule has 110 valence electrons. The van der Waals surface area contributed by atoms with Gasteiger partial charge in [-0.2, -0.15) is 0 Å². The molecule has 2 aliphatic heterocycles. The second-order valence-corrected chi connectivity index (χ2v) is 6.89. The maximum Gasteiger partial charge on any atom is 0.410 e. The van der Waals surface area contributed by atoms with Crippen LogP contribution in [-0.2, 0) is 4.74 Å². The van der Waals surface area contributed by atoms with Gasteiger partial charge in [0.15, 0.2) is 0 Å². The molecule has 2 heterocycles. The minimum Gasteiger partial charge on any atom is -0.444 e. The van der Waals surface area contributed by atoms with E-state index in [1.165, 1.54) is 0 Å². The van der Waals surface area contributed by atoms with E-state index in [0.717, 1.165) is 32.6 Å². The maximum absolute atomic E-state index is 12.1. The molecule has 0 saturated carbocycles. The van der Waals surface area contributed by atoms with Crippen LogP contribution in [0.25, 0.3) is 0 Å². The van der Waals surface area contributed by atoms with E-state index in [4.69, 9.17) is 10.5 Å². The first-order valence-electron chi connectivity index (χ1n) is 7.20. The molecule has 0 aliphatic carbocycles. The molecule has 2 N–H and O–H groups in total. The highest BCUT2D eigenvalue weighted by molar-refractivity contribution is 5.68. The molecular formula is C14H27N3O2. The Labute approximate surface area is 116 Å². The van der Waals surface area contributed by atoms with Crippen molar-refractivity contribution >= 4 is 6.09 Å². The maximum atomic E-state index is 12.1. The summed E-state index contributed by atoms with van der Waals surface area (Å²) in [5.74, 6) is 1.17. The quantitative estimate of drug-likeness (QED) is 0.816. The second-order valence-electron chi connectivity index (χ2n) is 6.89. The second kappa shape index (κ2) is 5.29. The van der Waals surface area contributed by atoms with Crippen LogP contribution in [0.1, 0.15) is 27.2 Å². The zero-order chi connectivity index (χ0) is 14.2. The molecule has 0 aromatic carbocycles. The summed E-state index contributed by atoms with van der Waals surface area (Å²) in [5.41, 5.74) is 5.27. The number of nitrogens with two attached hydrogens (primary N) is 1. The fourth-order valence-corrected chi connectivity index (χ4v) is 3.38. The first kappa shape index (κ1) is 14.6. The third-order valence-electron chi connectivity index (χ3n) is 4.22. The van der Waals surface area contributed by atoms with Crippen LogP contribution >= 0.6 is 0 Å². The van der Waals surface area contributed by atoms with Crippen molar-refractivity contribution < 1.29 is 9.53 Å². The van der Waals surface area contributed by atoms with E-state index < -0.39 is 5.60 Å². The lowest BCUT2D eigenvalue weighted by molar-refractivity contribution is 0.0269. The number of ether oxygens (including phenoxy) is 1. The molecule has 1 amide bonds. The van der Waals surface area contributed by atoms with Crippen LogP contribution in [-0.4, -0.2) is 60.8 Å². The average Bonchev–Trinajstić information content (AvgIpc) is 2.80. The molecule has 0 bridgehead atoms. The van der Waals surface area contributed by atoms with Crippen molar-refractivity contribution in [2.75, 3.05) is 33.2 Å². The lowest BCUT2D eigenvalue weighted by atomic mass is 9.90. The summed E-state index contributed by atoms with van der Waals surface area (Å²) in [4.78, 5) is 16.4. The predicted octanol–water partition coefficient (Wildman–Crippen LogP) is 1.13. The Bertz CT molecular complexity index is 340. The minimum absolute atomic E-state index is 0.179. The number of hydrogen-bond donors (Lipinski definition) is 1. The first-order chi connectivity index (χ1) is 8.81. The van der Waals surface area contributed by atoms with Gasteiger partial charge in [-0.3, -0.25) is 0 Å². The molecule has 3 atom stereocenters. The molecule has 2 rings (SSSR count). The standard InChI is InChI=1S/C14H27N3O2/c1-14(2,3)19-13(18)17-8-11-10(5-6-15)7-16(4)12(11)9-17/h10-12H,5-9,15H2,1-4H3. The summed E-state index contributed by atoms with van der Waals surface area (Å²) < 4.78 is 5.46. The first-order valence-corrected chi connectivity index (χ1v) is 7.20. The van der Waals surface area contributed by atoms with E-state index in [9.17, 15) is 4.79 Å². The van der Waals surface area contributed by atoms with Gasteiger partial charge in [-0.1, -0.05) is 0 Å². The molecule has 5 nitrogen and oxygen atoms in total. The van der Waals surface area contributed by atoms with Gasteiger partial charge in [0.2, 0.25) is 0 Å². The number of nitrogens with zero attached hydrogens (tertiary/aromatic N) is 2. The molecule has 0 spiro atoms. The van der Waals surface area contributed by atoms with Crippen LogP contribution in [0, 0.1) is 11.8 Å². The van der Waals surface area contributed by atoms with Gasteiger partial charge in [0, 0.05) is 25.7 Å². The summed E-state index contributed by atoms with van der Waals surface area (Å²) >= 11 is 0. The van der Waals surface area contributed by atoms with Gasteiger partial charge in [-0.25, -0.2) is 4.79 Å². The van der Waals surface area contributed by atoms with Crippen molar-refractivity contribution in [3.05, 3.63) is 0 Å². The molecule has 0 aromatic rings. The number of likely N-dealkylation sites (N-methyl/N-ethyl adjacent to an activating group) is 1. The number of carbonyl (C=O) groups is 1. The number of fused-ring (bicyclic) bond motifs is 1. The van der Waals surface area contributed by atoms with Gasteiger partial charge >= 0.3 is 6.09 Å². The van der Waals surface area contributed by atoms with E-state index in [1.807, 2.05) is 25.7 Å². The lowest BCUT2D eigenvalue weighted by Crippen LogP contribution is -2.38. The monoisotopic (exact) mass is 269 g/mol. The molecule has 19 heavy (non-hydrogen) atoms. The van der Waals surface area contributed by atoms with Crippen LogP contribution in [0.3, 0.4) is 0 Å². The van der Waals surface area contributed by atoms with Crippen LogP contribution in [0.5, 0.6) is 0 Å². The Morgan fingerprint density at radius 3 is 2.58 bits per heavy atom. The van der Waals surface area contributed by atoms with Crippen LogP contribution in [0.4, 0.5) is 4.79 Å². The largest absolute Gasteiger partial charge is 0.444 e. The van der Waals surface area contributed by atoms with Crippen molar-refractivity contribution in [2.24, 2.45) is 17.6 Å². The predicted molar refractivity (Wildman–Crippen MR) is 74.9 cm³/mol. The zero-order valence-electron chi connectivity index (χ0n) is 12.6. The van der Waals surface area contributed by atoms with E-state index >= 15 is 0 Å². The third kappa shape index (κ3) is 3.20. The van der Waals surface area contributed by atoms with Crippen LogP contribution in [0.15, 0.2) is 0 Å². The number of hydrogen-bond acceptors (Lipinski definition) is 4. The van der Waals surface area contributed by atoms with E-state index in [0.29, 0.717) is 17.9 Å². The fourth-order valence-electron chi connectivity index (χ4n) is 3.38. The Morgan fingerprint density at radius 2 is 2.00 bits per heavy atom. The smallest absolute Gasteiger partial charge is 0.410 e. The highest BCUT2D eigenvalue weighted by atomic mass is 16.6. The highest BCUT2D eigenvalue weighted by Gasteiger charge is 2.47. The number of likely N-dealkylation sites (tertiary alicyclic amines) is 2. The summed E-state index contributed by atoms with van der Waals surface area (Å²) in [6, 6.07) is 0.476. The zero-order valence-corrected chi connectivity index (χ0v) is 12.6. The van der Waals surface area contributed by atoms with Crippen molar-refractivity contribution in [3.63, 3.8) is 0 Å². The molecule has 5 heteroatoms. The Morgan fingerprint density at radius 1 is 1.32 bits per heavy atom. The topological polar surface area (TPSA) is 58.8 Å². The van der Waals surface area contributed by atoms with E-state index in [-0.39, 0.29) is 6.09 Å². The third-order valence-corrected chi connectivity index (χ3v) is 4.22. The van der Waals surface area contributed by atoms with Crippen molar-refractivity contribution in [1.82, 2.24) is 9.80 Å². The average molecular weight is 269 g/mol. The van der Waals surface area contributed by atoms with Gasteiger partial charge in [0.25, 0.3) is 0 Å². The summed E-state index contributed by atoms with van der Waals surface area (Å²) in [6.45, 7) is 9.16. The van der Waals surface area contributed by atoms with E-state index in [2.05, 4.69) is 11.9 Å². The summed E-state index contributed by atoms with van der Waals surface area (Å²) in [5, 5.41) is 0. The van der Waals surface area contributed by atoms with Gasteiger partial charge in [-0.15, -0.1) is 0 Å². The fraction of sp³-hybridized carbons (Fsp3) is 0.929. The van der Waals surface area contributed by atoms with Crippen LogP contribution < -0.4 is 5.73 Å². The Kier molecular flexibility index (Phi) is 4.06. The molecular weight excluding hydrogens is 242 g/mol. The van der Waals surface area contributed by atoms with Crippen molar-refractivity contribution in [1.29, 1.82) is 0 Å². The molecule has 3 unspecified atom stereocenters. The van der Waals surface area contributed by atoms with Gasteiger partial charge in [0.1, 0.15) is 5.60 Å². The van der Waals surface area contributed by atoms with Gasteiger partial charge in [0.05, 0.1) is 0 Å². The Balaban J connectivity index is 1.97. The van der Waals surface area contributed by atoms with Crippen LogP contribution in [0.2, 0.25) is 0 Å². The van der Waals surface area contributed by atoms with Crippen molar-refractivity contribution in [2.45, 2.75) is 38.8 Å². The molecule has 0 radical (unpaired) electrons. The van der Waals surface area contributed by atoms with E-state index in [1.54, 1.807) is 0 Å². The molecule has 2 aliphatic rings. The number of rotatable bonds is 2. The summed E-state index contributed by atoms with van der Waals surface area (Å²) in [7, 11) is 2.15. The highest BCUT2D eigenvalue weighted by Crippen LogP contribution is 2.36. The van der Waals surface area contributed by atoms with Crippen molar-refractivity contribution in [3.8, 4) is 0 Å². The molecule has 2 saturated heterocycles. The normalized spacial score (nSPS) is 31.6. The lowest BCUT2D eigenvalue weighted by Gasteiger charge is -2.26. The molecule has 0 aromatic heterocycles. The minimum atomic E-state index is -0.419. The molecule has 2 fully saturated rings. The SMILES string of the molecule is CN1CC(CCN)C2CN(C(=O)OC(C)(C)C)CC21. The van der Waals surface area contributed by atoms with Gasteiger partial charge < -0.3 is 20.3 Å². The van der Waals surface area contributed by atoms with Gasteiger partial charge in [-0.05, 0) is 52.6 Å². The number of amides is 1. The summed E-state index contributed by atoms with van der Waals surface area (Å²) in [6.07, 6.45) is 0.870. The Hall–Kier alpha value is -0.810.